The number of nitrogens with one attached hydrogen (secondary N) is 1. The molecule has 3 aliphatic heterocycles. The summed E-state index contributed by atoms with van der Waals surface area (Å²) < 4.78 is 5.91. The first kappa shape index (κ1) is 11.9. The fourth-order valence-electron chi connectivity index (χ4n) is 3.69. The van der Waals surface area contributed by atoms with Gasteiger partial charge in [0.2, 0.25) is 0 Å². The van der Waals surface area contributed by atoms with Crippen LogP contribution in [0.15, 0.2) is 0 Å². The number of hydrogen-bond donors (Lipinski definition) is 1. The lowest BCUT2D eigenvalue weighted by molar-refractivity contribution is -0.0462. The number of piperidine rings is 1. The van der Waals surface area contributed by atoms with E-state index in [9.17, 15) is 0 Å². The molecule has 3 heteroatoms. The lowest BCUT2D eigenvalue weighted by Gasteiger charge is -2.43. The number of nitrogens with zero attached hydrogens (tertiary/aromatic N) is 1. The van der Waals surface area contributed by atoms with Crippen LogP contribution in [0.4, 0.5) is 0 Å². The third-order valence-corrected chi connectivity index (χ3v) is 4.89. The van der Waals surface area contributed by atoms with Crippen molar-refractivity contribution in [3.05, 3.63) is 0 Å². The van der Waals surface area contributed by atoms with Gasteiger partial charge in [-0.05, 0) is 37.6 Å². The van der Waals surface area contributed by atoms with Gasteiger partial charge in [0.25, 0.3) is 0 Å². The summed E-state index contributed by atoms with van der Waals surface area (Å²) in [6.45, 7) is 9.56. The summed E-state index contributed by atoms with van der Waals surface area (Å²) in [5, 5.41) is 3.72. The van der Waals surface area contributed by atoms with E-state index in [1.807, 2.05) is 0 Å². The van der Waals surface area contributed by atoms with Crippen LogP contribution in [0.25, 0.3) is 0 Å². The molecule has 0 amide bonds. The van der Waals surface area contributed by atoms with E-state index in [4.69, 9.17) is 4.74 Å². The van der Waals surface area contributed by atoms with E-state index in [2.05, 4.69) is 24.1 Å². The highest BCUT2D eigenvalue weighted by molar-refractivity contribution is 4.93. The highest BCUT2D eigenvalue weighted by Crippen LogP contribution is 2.32. The largest absolute Gasteiger partial charge is 0.372 e. The Labute approximate surface area is 105 Å². The summed E-state index contributed by atoms with van der Waals surface area (Å²) in [6, 6.07) is 0.661. The Kier molecular flexibility index (Phi) is 3.18. The minimum atomic E-state index is 0.454. The molecule has 3 heterocycles. The average Bonchev–Trinajstić information content (AvgIpc) is 2.61. The summed E-state index contributed by atoms with van der Waals surface area (Å²) in [6.07, 6.45) is 6.31. The van der Waals surface area contributed by atoms with Crippen molar-refractivity contribution < 1.29 is 4.74 Å². The Balaban J connectivity index is 1.59. The van der Waals surface area contributed by atoms with Crippen LogP contribution in [0.2, 0.25) is 0 Å². The summed E-state index contributed by atoms with van der Waals surface area (Å²) in [5.74, 6) is 0. The molecular formula is C14H26N2O. The molecule has 0 aromatic heterocycles. The molecule has 0 radical (unpaired) electrons. The van der Waals surface area contributed by atoms with Crippen molar-refractivity contribution in [1.29, 1.82) is 0 Å². The van der Waals surface area contributed by atoms with E-state index in [1.54, 1.807) is 0 Å². The van der Waals surface area contributed by atoms with Crippen molar-refractivity contribution in [1.82, 2.24) is 10.2 Å². The molecule has 0 spiro atoms. The van der Waals surface area contributed by atoms with Crippen LogP contribution in [-0.2, 0) is 4.74 Å². The van der Waals surface area contributed by atoms with Gasteiger partial charge in [0.05, 0.1) is 12.2 Å². The molecule has 3 rings (SSSR count). The van der Waals surface area contributed by atoms with Crippen LogP contribution in [0, 0.1) is 5.41 Å². The van der Waals surface area contributed by atoms with E-state index < -0.39 is 0 Å². The second-order valence-corrected chi connectivity index (χ2v) is 6.77. The third kappa shape index (κ3) is 2.51. The Hall–Kier alpha value is -0.120. The Bertz CT molecular complexity index is 267. The van der Waals surface area contributed by atoms with Gasteiger partial charge in [0.1, 0.15) is 0 Å². The lowest BCUT2D eigenvalue weighted by atomic mass is 9.77. The fourth-order valence-corrected chi connectivity index (χ4v) is 3.69. The van der Waals surface area contributed by atoms with Crippen LogP contribution in [0.5, 0.6) is 0 Å². The van der Waals surface area contributed by atoms with Crippen LogP contribution >= 0.6 is 0 Å². The minimum absolute atomic E-state index is 0.454. The quantitative estimate of drug-likeness (QED) is 0.791. The van der Waals surface area contributed by atoms with Crippen LogP contribution in [-0.4, -0.2) is 49.3 Å². The summed E-state index contributed by atoms with van der Waals surface area (Å²) >= 11 is 0. The second kappa shape index (κ2) is 4.52. The van der Waals surface area contributed by atoms with Crippen molar-refractivity contribution in [2.24, 2.45) is 5.41 Å². The number of ether oxygens (including phenoxy) is 1. The molecule has 17 heavy (non-hydrogen) atoms. The molecule has 0 aliphatic carbocycles. The van der Waals surface area contributed by atoms with Crippen molar-refractivity contribution in [3.8, 4) is 0 Å². The first-order valence-corrected chi connectivity index (χ1v) is 7.25. The predicted molar refractivity (Wildman–Crippen MR) is 69.1 cm³/mol. The first-order chi connectivity index (χ1) is 8.13. The molecule has 98 valence electrons. The molecule has 1 N–H and O–H groups in total. The highest BCUT2D eigenvalue weighted by Gasteiger charge is 2.38. The minimum Gasteiger partial charge on any atom is -0.372 e. The zero-order valence-electron chi connectivity index (χ0n) is 11.2. The van der Waals surface area contributed by atoms with Crippen LogP contribution < -0.4 is 5.32 Å². The van der Waals surface area contributed by atoms with E-state index in [0.717, 1.165) is 13.1 Å². The van der Waals surface area contributed by atoms with Gasteiger partial charge in [-0.1, -0.05) is 13.8 Å². The van der Waals surface area contributed by atoms with Crippen molar-refractivity contribution in [3.63, 3.8) is 0 Å². The van der Waals surface area contributed by atoms with Crippen molar-refractivity contribution in [2.75, 3.05) is 26.2 Å². The first-order valence-electron chi connectivity index (χ1n) is 7.25. The van der Waals surface area contributed by atoms with Crippen LogP contribution in [0.1, 0.15) is 39.5 Å². The number of hydrogen-bond acceptors (Lipinski definition) is 3. The van der Waals surface area contributed by atoms with Gasteiger partial charge >= 0.3 is 0 Å². The van der Waals surface area contributed by atoms with Gasteiger partial charge in [-0.15, -0.1) is 0 Å². The summed E-state index contributed by atoms with van der Waals surface area (Å²) in [4.78, 5) is 2.64. The second-order valence-electron chi connectivity index (χ2n) is 6.77. The molecule has 0 saturated carbocycles. The molecular weight excluding hydrogens is 212 g/mol. The maximum Gasteiger partial charge on any atom is 0.0707 e. The zero-order chi connectivity index (χ0) is 11.9. The van der Waals surface area contributed by atoms with E-state index in [0.29, 0.717) is 23.7 Å². The standard InChI is InChI=1S/C14H26N2O/c1-14(2)6-3-7-15-13(14)10-16-8-11-4-5-12(9-16)17-11/h11-13,15H,3-10H2,1-2H3. The van der Waals surface area contributed by atoms with E-state index in [-0.39, 0.29) is 0 Å². The molecule has 2 bridgehead atoms. The van der Waals surface area contributed by atoms with E-state index in [1.165, 1.54) is 38.8 Å². The molecule has 0 aromatic carbocycles. The average molecular weight is 238 g/mol. The smallest absolute Gasteiger partial charge is 0.0707 e. The highest BCUT2D eigenvalue weighted by atomic mass is 16.5. The Morgan fingerprint density at radius 3 is 2.59 bits per heavy atom. The third-order valence-electron chi connectivity index (χ3n) is 4.89. The monoisotopic (exact) mass is 238 g/mol. The van der Waals surface area contributed by atoms with E-state index >= 15 is 0 Å². The molecule has 3 unspecified atom stereocenters. The number of likely N-dealkylation sites (tertiary alicyclic amines) is 1. The van der Waals surface area contributed by atoms with Crippen LogP contribution in [0.3, 0.4) is 0 Å². The Morgan fingerprint density at radius 1 is 1.24 bits per heavy atom. The number of fused-ring (bicyclic) bond motifs is 2. The van der Waals surface area contributed by atoms with Crippen molar-refractivity contribution in [2.45, 2.75) is 57.8 Å². The molecule has 3 aliphatic rings. The Morgan fingerprint density at radius 2 is 1.94 bits per heavy atom. The molecule has 3 fully saturated rings. The van der Waals surface area contributed by atoms with Gasteiger partial charge < -0.3 is 10.1 Å². The zero-order valence-corrected chi connectivity index (χ0v) is 11.2. The summed E-state index contributed by atoms with van der Waals surface area (Å²) in [7, 11) is 0. The predicted octanol–water partition coefficient (Wildman–Crippen LogP) is 1.63. The topological polar surface area (TPSA) is 24.5 Å². The number of rotatable bonds is 2. The van der Waals surface area contributed by atoms with Gasteiger partial charge in [-0.25, -0.2) is 0 Å². The molecule has 3 saturated heterocycles. The SMILES string of the molecule is CC1(C)CCCNC1CN1CC2CCC(C1)O2. The van der Waals surface area contributed by atoms with Crippen molar-refractivity contribution >= 4 is 0 Å². The fraction of sp³-hybridized carbons (Fsp3) is 1.00. The van der Waals surface area contributed by atoms with Gasteiger partial charge in [-0.2, -0.15) is 0 Å². The van der Waals surface area contributed by atoms with Gasteiger partial charge in [0, 0.05) is 25.7 Å². The number of morpholine rings is 1. The van der Waals surface area contributed by atoms with Gasteiger partial charge in [-0.3, -0.25) is 4.90 Å². The molecule has 3 atom stereocenters. The normalized spacial score (nSPS) is 41.6. The maximum absolute atomic E-state index is 5.91. The van der Waals surface area contributed by atoms with Gasteiger partial charge in [0.15, 0.2) is 0 Å². The maximum atomic E-state index is 5.91. The molecule has 0 aromatic rings. The summed E-state index contributed by atoms with van der Waals surface area (Å²) in [5.41, 5.74) is 0.454. The molecule has 3 nitrogen and oxygen atoms in total. The lowest BCUT2D eigenvalue weighted by Crippen LogP contribution is -2.55.